The van der Waals surface area contributed by atoms with Gasteiger partial charge in [-0.15, -0.1) is 0 Å². The number of esters is 2. The molecule has 0 aliphatic heterocycles. The zero-order valence-electron chi connectivity index (χ0n) is 26.8. The zero-order valence-corrected chi connectivity index (χ0v) is 26.8. The van der Waals surface area contributed by atoms with Crippen molar-refractivity contribution in [2.45, 2.75) is 168 Å². The quantitative estimate of drug-likeness (QED) is 0.0523. The Morgan fingerprint density at radius 1 is 0.585 bits per heavy atom. The SMILES string of the molecule is CC/C=C/C/C=C/C/C=C/CCCCCCCC(=O)O[C@@H](CO)COC(=O)CCCCCCCCCCCCCC. The van der Waals surface area contributed by atoms with Crippen LogP contribution in [0.2, 0.25) is 0 Å². The van der Waals surface area contributed by atoms with Gasteiger partial charge in [0, 0.05) is 12.8 Å². The minimum absolute atomic E-state index is 0.0709. The highest BCUT2D eigenvalue weighted by atomic mass is 16.6. The Labute approximate surface area is 253 Å². The molecule has 0 aromatic rings. The van der Waals surface area contributed by atoms with Crippen LogP contribution in [0, 0.1) is 0 Å². The number of unbranched alkanes of at least 4 members (excludes halogenated alkanes) is 16. The molecular formula is C36H64O5. The molecule has 0 heterocycles. The molecule has 0 unspecified atom stereocenters. The van der Waals surface area contributed by atoms with Crippen LogP contribution in [-0.4, -0.2) is 36.4 Å². The Morgan fingerprint density at radius 3 is 1.59 bits per heavy atom. The molecule has 0 saturated heterocycles. The van der Waals surface area contributed by atoms with E-state index in [2.05, 4.69) is 50.3 Å². The highest BCUT2D eigenvalue weighted by molar-refractivity contribution is 5.70. The van der Waals surface area contributed by atoms with Crippen LogP contribution in [0.15, 0.2) is 36.5 Å². The Hall–Kier alpha value is -1.88. The second-order valence-corrected chi connectivity index (χ2v) is 11.2. The summed E-state index contributed by atoms with van der Waals surface area (Å²) >= 11 is 0. The van der Waals surface area contributed by atoms with E-state index < -0.39 is 6.10 Å². The summed E-state index contributed by atoms with van der Waals surface area (Å²) in [5.74, 6) is -0.611. The second kappa shape index (κ2) is 32.6. The minimum atomic E-state index is -0.775. The van der Waals surface area contributed by atoms with E-state index >= 15 is 0 Å². The summed E-state index contributed by atoms with van der Waals surface area (Å²) in [5, 5.41) is 9.50. The van der Waals surface area contributed by atoms with Crippen molar-refractivity contribution in [2.75, 3.05) is 13.2 Å². The van der Waals surface area contributed by atoms with E-state index in [0.29, 0.717) is 12.8 Å². The third-order valence-electron chi connectivity index (χ3n) is 7.20. The molecule has 0 rings (SSSR count). The number of aliphatic hydroxyl groups is 1. The highest BCUT2D eigenvalue weighted by Gasteiger charge is 2.16. The van der Waals surface area contributed by atoms with Gasteiger partial charge >= 0.3 is 11.9 Å². The summed E-state index contributed by atoms with van der Waals surface area (Å²) in [6.45, 7) is 3.99. The van der Waals surface area contributed by atoms with Gasteiger partial charge in [-0.2, -0.15) is 0 Å². The fourth-order valence-electron chi connectivity index (χ4n) is 4.63. The Bertz CT molecular complexity index is 667. The van der Waals surface area contributed by atoms with Gasteiger partial charge in [0.1, 0.15) is 6.61 Å². The van der Waals surface area contributed by atoms with E-state index in [1.807, 2.05) is 0 Å². The van der Waals surface area contributed by atoms with Crippen LogP contribution in [0.3, 0.4) is 0 Å². The molecule has 0 aromatic heterocycles. The molecule has 0 saturated carbocycles. The van der Waals surface area contributed by atoms with Gasteiger partial charge in [0.25, 0.3) is 0 Å². The molecular weight excluding hydrogens is 512 g/mol. The van der Waals surface area contributed by atoms with Crippen LogP contribution in [-0.2, 0) is 19.1 Å². The molecule has 0 fully saturated rings. The van der Waals surface area contributed by atoms with E-state index in [-0.39, 0.29) is 25.2 Å². The van der Waals surface area contributed by atoms with Crippen molar-refractivity contribution in [3.8, 4) is 0 Å². The Kier molecular flexibility index (Phi) is 31.1. The number of rotatable bonds is 30. The summed E-state index contributed by atoms with van der Waals surface area (Å²) in [5.41, 5.74) is 0. The molecule has 5 nitrogen and oxygen atoms in total. The summed E-state index contributed by atoms with van der Waals surface area (Å²) in [6, 6.07) is 0. The molecule has 1 N–H and O–H groups in total. The van der Waals surface area contributed by atoms with E-state index in [1.54, 1.807) is 0 Å². The Balaban J connectivity index is 3.61. The number of carbonyl (C=O) groups excluding carboxylic acids is 2. The molecule has 0 aromatic carbocycles. The fourth-order valence-corrected chi connectivity index (χ4v) is 4.63. The van der Waals surface area contributed by atoms with Crippen LogP contribution in [0.1, 0.15) is 162 Å². The van der Waals surface area contributed by atoms with Gasteiger partial charge in [-0.3, -0.25) is 9.59 Å². The van der Waals surface area contributed by atoms with Crippen molar-refractivity contribution in [3.05, 3.63) is 36.5 Å². The number of carbonyl (C=O) groups is 2. The lowest BCUT2D eigenvalue weighted by molar-refractivity contribution is -0.161. The number of ether oxygens (including phenoxy) is 2. The second-order valence-electron chi connectivity index (χ2n) is 11.2. The normalized spacial score (nSPS) is 12.6. The highest BCUT2D eigenvalue weighted by Crippen LogP contribution is 2.13. The molecule has 238 valence electrons. The molecule has 1 atom stereocenters. The first-order chi connectivity index (χ1) is 20.1. The van der Waals surface area contributed by atoms with Gasteiger partial charge in [0.05, 0.1) is 6.61 Å². The van der Waals surface area contributed by atoms with Crippen molar-refractivity contribution < 1.29 is 24.2 Å². The molecule has 0 aliphatic carbocycles. The first-order valence-corrected chi connectivity index (χ1v) is 17.0. The van der Waals surface area contributed by atoms with Crippen LogP contribution < -0.4 is 0 Å². The molecule has 0 aliphatic rings. The van der Waals surface area contributed by atoms with Gasteiger partial charge < -0.3 is 14.6 Å². The molecule has 0 radical (unpaired) electrons. The number of allylic oxidation sites excluding steroid dienone is 6. The third kappa shape index (κ3) is 30.9. The van der Waals surface area contributed by atoms with Crippen LogP contribution in [0.5, 0.6) is 0 Å². The monoisotopic (exact) mass is 576 g/mol. The van der Waals surface area contributed by atoms with E-state index in [0.717, 1.165) is 70.6 Å². The molecule has 0 spiro atoms. The van der Waals surface area contributed by atoms with E-state index in [4.69, 9.17) is 9.47 Å². The maximum Gasteiger partial charge on any atom is 0.306 e. The number of hydrogen-bond donors (Lipinski definition) is 1. The first kappa shape index (κ1) is 39.1. The lowest BCUT2D eigenvalue weighted by Gasteiger charge is -2.15. The fraction of sp³-hybridized carbons (Fsp3) is 0.778. The average Bonchev–Trinajstić information content (AvgIpc) is 2.97. The van der Waals surface area contributed by atoms with Crippen LogP contribution in [0.4, 0.5) is 0 Å². The van der Waals surface area contributed by atoms with Gasteiger partial charge in [-0.25, -0.2) is 0 Å². The van der Waals surface area contributed by atoms with Crippen molar-refractivity contribution in [1.82, 2.24) is 0 Å². The summed E-state index contributed by atoms with van der Waals surface area (Å²) in [4.78, 5) is 24.1. The van der Waals surface area contributed by atoms with Gasteiger partial charge in [0.2, 0.25) is 0 Å². The minimum Gasteiger partial charge on any atom is -0.462 e. The summed E-state index contributed by atoms with van der Waals surface area (Å²) < 4.78 is 10.5. The van der Waals surface area contributed by atoms with Crippen molar-refractivity contribution in [1.29, 1.82) is 0 Å². The van der Waals surface area contributed by atoms with Gasteiger partial charge in [0.15, 0.2) is 6.10 Å². The average molecular weight is 577 g/mol. The lowest BCUT2D eigenvalue weighted by atomic mass is 10.0. The molecule has 0 amide bonds. The molecule has 41 heavy (non-hydrogen) atoms. The van der Waals surface area contributed by atoms with Gasteiger partial charge in [-0.05, 0) is 44.9 Å². The summed E-state index contributed by atoms with van der Waals surface area (Å²) in [6.07, 6.45) is 37.6. The number of aliphatic hydroxyl groups excluding tert-OH is 1. The lowest BCUT2D eigenvalue weighted by Crippen LogP contribution is -2.28. The summed E-state index contributed by atoms with van der Waals surface area (Å²) in [7, 11) is 0. The predicted molar refractivity (Wildman–Crippen MR) is 173 cm³/mol. The van der Waals surface area contributed by atoms with Crippen LogP contribution >= 0.6 is 0 Å². The maximum absolute atomic E-state index is 12.1. The maximum atomic E-state index is 12.1. The van der Waals surface area contributed by atoms with Gasteiger partial charge in [-0.1, -0.05) is 140 Å². The van der Waals surface area contributed by atoms with E-state index in [9.17, 15) is 14.7 Å². The largest absolute Gasteiger partial charge is 0.462 e. The van der Waals surface area contributed by atoms with Crippen molar-refractivity contribution in [2.24, 2.45) is 0 Å². The zero-order chi connectivity index (χ0) is 30.1. The molecule has 0 bridgehead atoms. The van der Waals surface area contributed by atoms with Crippen molar-refractivity contribution >= 4 is 11.9 Å². The smallest absolute Gasteiger partial charge is 0.306 e. The Morgan fingerprint density at radius 2 is 1.05 bits per heavy atom. The van der Waals surface area contributed by atoms with Crippen LogP contribution in [0.25, 0.3) is 0 Å². The standard InChI is InChI=1S/C36H64O5/c1-3-5-7-9-11-13-15-17-18-19-21-23-25-27-29-31-36(39)41-34(32-37)33-40-35(38)30-28-26-24-22-20-16-14-12-10-8-6-4-2/h5,7,11,13,17-18,34,37H,3-4,6,8-10,12,14-16,19-33H2,1-2H3/b7-5+,13-11+,18-17+/t34-/m0/s1. The first-order valence-electron chi connectivity index (χ1n) is 17.0. The van der Waals surface area contributed by atoms with E-state index in [1.165, 1.54) is 64.2 Å². The van der Waals surface area contributed by atoms with Crippen molar-refractivity contribution in [3.63, 3.8) is 0 Å². The number of hydrogen-bond acceptors (Lipinski definition) is 5. The predicted octanol–water partition coefficient (Wildman–Crippen LogP) is 10.1. The molecule has 5 heteroatoms. The third-order valence-corrected chi connectivity index (χ3v) is 7.20. The topological polar surface area (TPSA) is 72.8 Å².